The molecule has 92 valence electrons. The Hall–Kier alpha value is -1.07. The predicted octanol–water partition coefficient (Wildman–Crippen LogP) is 3.71. The first-order valence-electron chi connectivity index (χ1n) is 5.18. The van der Waals surface area contributed by atoms with Gasteiger partial charge in [-0.3, -0.25) is 4.68 Å². The van der Waals surface area contributed by atoms with E-state index in [-0.39, 0.29) is 0 Å². The minimum atomic E-state index is 0.577. The number of anilines is 2. The standard InChI is InChI=1S/C12H10BrIN4/c1-7-9(6-15)12(18(2)17-7)16-11-5-8(13)3-4-10(11)14/h3-5,16H,1-2H3. The maximum absolute atomic E-state index is 9.16. The van der Waals surface area contributed by atoms with Crippen molar-refractivity contribution >= 4 is 50.0 Å². The van der Waals surface area contributed by atoms with Crippen LogP contribution in [0.25, 0.3) is 0 Å². The van der Waals surface area contributed by atoms with Gasteiger partial charge in [-0.25, -0.2) is 0 Å². The summed E-state index contributed by atoms with van der Waals surface area (Å²) in [5, 5.41) is 16.7. The highest BCUT2D eigenvalue weighted by atomic mass is 127. The van der Waals surface area contributed by atoms with Crippen molar-refractivity contribution < 1.29 is 0 Å². The number of hydrogen-bond acceptors (Lipinski definition) is 3. The molecule has 1 aromatic heterocycles. The molecule has 0 fully saturated rings. The summed E-state index contributed by atoms with van der Waals surface area (Å²) in [4.78, 5) is 0. The van der Waals surface area contributed by atoms with Crippen molar-refractivity contribution in [3.8, 4) is 6.07 Å². The van der Waals surface area contributed by atoms with Gasteiger partial charge in [0.25, 0.3) is 0 Å². The number of aryl methyl sites for hydroxylation is 2. The molecule has 1 N–H and O–H groups in total. The lowest BCUT2D eigenvalue weighted by Crippen LogP contribution is -2.01. The summed E-state index contributed by atoms with van der Waals surface area (Å²) in [6, 6.07) is 8.14. The number of hydrogen-bond donors (Lipinski definition) is 1. The number of aromatic nitrogens is 2. The summed E-state index contributed by atoms with van der Waals surface area (Å²) < 4.78 is 3.76. The number of halogens is 2. The van der Waals surface area contributed by atoms with Crippen molar-refractivity contribution in [1.82, 2.24) is 9.78 Å². The zero-order chi connectivity index (χ0) is 13.3. The van der Waals surface area contributed by atoms with Crippen molar-refractivity contribution in [3.05, 3.63) is 37.5 Å². The highest BCUT2D eigenvalue weighted by Crippen LogP contribution is 2.28. The molecule has 0 bridgehead atoms. The molecule has 2 aromatic rings. The smallest absolute Gasteiger partial charge is 0.146 e. The van der Waals surface area contributed by atoms with Crippen LogP contribution in [0, 0.1) is 21.8 Å². The van der Waals surface area contributed by atoms with E-state index in [1.165, 1.54) is 0 Å². The molecule has 0 unspecified atom stereocenters. The van der Waals surface area contributed by atoms with Crippen molar-refractivity contribution in [1.29, 1.82) is 5.26 Å². The number of benzene rings is 1. The van der Waals surface area contributed by atoms with Crippen molar-refractivity contribution in [2.24, 2.45) is 7.05 Å². The van der Waals surface area contributed by atoms with Gasteiger partial charge in [-0.15, -0.1) is 0 Å². The van der Waals surface area contributed by atoms with Gasteiger partial charge in [-0.1, -0.05) is 15.9 Å². The van der Waals surface area contributed by atoms with Gasteiger partial charge >= 0.3 is 0 Å². The SMILES string of the molecule is Cc1nn(C)c(Nc2cc(Br)ccc2I)c1C#N. The third kappa shape index (κ3) is 2.52. The quantitative estimate of drug-likeness (QED) is 0.759. The van der Waals surface area contributed by atoms with E-state index < -0.39 is 0 Å². The highest BCUT2D eigenvalue weighted by molar-refractivity contribution is 14.1. The Kier molecular flexibility index (Phi) is 3.92. The molecule has 0 aliphatic carbocycles. The molecule has 4 nitrogen and oxygen atoms in total. The predicted molar refractivity (Wildman–Crippen MR) is 82.8 cm³/mol. The van der Waals surface area contributed by atoms with Crippen molar-refractivity contribution in [2.45, 2.75) is 6.92 Å². The largest absolute Gasteiger partial charge is 0.338 e. The summed E-state index contributed by atoms with van der Waals surface area (Å²) in [5.74, 6) is 0.714. The van der Waals surface area contributed by atoms with E-state index in [0.717, 1.165) is 19.4 Å². The number of rotatable bonds is 2. The zero-order valence-electron chi connectivity index (χ0n) is 9.83. The van der Waals surface area contributed by atoms with E-state index in [1.807, 2.05) is 32.2 Å². The Balaban J connectivity index is 2.46. The first-order chi connectivity index (χ1) is 8.52. The Bertz CT molecular complexity index is 642. The second-order valence-electron chi connectivity index (χ2n) is 3.79. The van der Waals surface area contributed by atoms with E-state index in [0.29, 0.717) is 11.4 Å². The Morgan fingerprint density at radius 3 is 2.89 bits per heavy atom. The third-order valence-corrected chi connectivity index (χ3v) is 3.95. The van der Waals surface area contributed by atoms with Crippen LogP contribution in [0.3, 0.4) is 0 Å². The molecule has 18 heavy (non-hydrogen) atoms. The number of nitrogens with zero attached hydrogens (tertiary/aromatic N) is 3. The molecule has 0 atom stereocenters. The van der Waals surface area contributed by atoms with Gasteiger partial charge in [0, 0.05) is 15.1 Å². The van der Waals surface area contributed by atoms with Crippen LogP contribution in [0.5, 0.6) is 0 Å². The molecule has 0 saturated heterocycles. The molecular weight excluding hydrogens is 407 g/mol. The van der Waals surface area contributed by atoms with Crippen molar-refractivity contribution in [2.75, 3.05) is 5.32 Å². The third-order valence-electron chi connectivity index (χ3n) is 2.52. The van der Waals surface area contributed by atoms with E-state index >= 15 is 0 Å². The number of nitrogens with one attached hydrogen (secondary N) is 1. The molecule has 1 heterocycles. The first kappa shape index (κ1) is 13.4. The fraction of sp³-hybridized carbons (Fsp3) is 0.167. The van der Waals surface area contributed by atoms with Gasteiger partial charge in [0.2, 0.25) is 0 Å². The first-order valence-corrected chi connectivity index (χ1v) is 7.06. The molecule has 6 heteroatoms. The molecule has 0 aliphatic rings. The van der Waals surface area contributed by atoms with Crippen LogP contribution in [0.4, 0.5) is 11.5 Å². The Morgan fingerprint density at radius 1 is 1.50 bits per heavy atom. The second kappa shape index (κ2) is 5.28. The molecule has 0 aliphatic heterocycles. The summed E-state index contributed by atoms with van der Waals surface area (Å²) >= 11 is 5.69. The van der Waals surface area contributed by atoms with E-state index in [1.54, 1.807) is 4.68 Å². The van der Waals surface area contributed by atoms with E-state index in [9.17, 15) is 0 Å². The Morgan fingerprint density at radius 2 is 2.22 bits per heavy atom. The van der Waals surface area contributed by atoms with Crippen LogP contribution >= 0.6 is 38.5 Å². The molecule has 1 aromatic carbocycles. The molecule has 0 radical (unpaired) electrons. The molecule has 0 amide bonds. The summed E-state index contributed by atoms with van der Waals surface area (Å²) in [6.07, 6.45) is 0. The minimum Gasteiger partial charge on any atom is -0.338 e. The van der Waals surface area contributed by atoms with Gasteiger partial charge in [0.1, 0.15) is 17.5 Å². The molecular formula is C12H10BrIN4. The number of nitriles is 1. The fourth-order valence-electron chi connectivity index (χ4n) is 1.66. The summed E-state index contributed by atoms with van der Waals surface area (Å²) in [7, 11) is 1.82. The molecule has 0 spiro atoms. The highest BCUT2D eigenvalue weighted by Gasteiger charge is 2.13. The molecule has 2 rings (SSSR count). The lowest BCUT2D eigenvalue weighted by Gasteiger charge is -2.09. The lowest BCUT2D eigenvalue weighted by molar-refractivity contribution is 0.765. The van der Waals surface area contributed by atoms with Gasteiger partial charge in [-0.2, -0.15) is 10.4 Å². The van der Waals surface area contributed by atoms with Crippen LogP contribution in [0.1, 0.15) is 11.3 Å². The topological polar surface area (TPSA) is 53.6 Å². The van der Waals surface area contributed by atoms with E-state index in [4.69, 9.17) is 5.26 Å². The van der Waals surface area contributed by atoms with Crippen LogP contribution in [-0.4, -0.2) is 9.78 Å². The van der Waals surface area contributed by atoms with Crippen LogP contribution in [-0.2, 0) is 7.05 Å². The van der Waals surface area contributed by atoms with Gasteiger partial charge in [0.05, 0.1) is 11.4 Å². The maximum Gasteiger partial charge on any atom is 0.146 e. The summed E-state index contributed by atoms with van der Waals surface area (Å²) in [5.41, 5.74) is 2.25. The molecule has 0 saturated carbocycles. The second-order valence-corrected chi connectivity index (χ2v) is 5.87. The summed E-state index contributed by atoms with van der Waals surface area (Å²) in [6.45, 7) is 1.83. The van der Waals surface area contributed by atoms with Gasteiger partial charge in [0.15, 0.2) is 0 Å². The maximum atomic E-state index is 9.16. The average molecular weight is 417 g/mol. The lowest BCUT2D eigenvalue weighted by atomic mass is 10.2. The fourth-order valence-corrected chi connectivity index (χ4v) is 2.49. The van der Waals surface area contributed by atoms with Gasteiger partial charge in [-0.05, 0) is 47.7 Å². The Labute approximate surface area is 127 Å². The van der Waals surface area contributed by atoms with Crippen LogP contribution in [0.2, 0.25) is 0 Å². The minimum absolute atomic E-state index is 0.577. The monoisotopic (exact) mass is 416 g/mol. The van der Waals surface area contributed by atoms with Crippen LogP contribution in [0.15, 0.2) is 22.7 Å². The average Bonchev–Trinajstić information content (AvgIpc) is 2.58. The zero-order valence-corrected chi connectivity index (χ0v) is 13.6. The van der Waals surface area contributed by atoms with E-state index in [2.05, 4.69) is 55.0 Å². The van der Waals surface area contributed by atoms with Crippen LogP contribution < -0.4 is 5.32 Å². The normalized spacial score (nSPS) is 10.2. The van der Waals surface area contributed by atoms with Crippen molar-refractivity contribution in [3.63, 3.8) is 0 Å². The van der Waals surface area contributed by atoms with Gasteiger partial charge < -0.3 is 5.32 Å².